The van der Waals surface area contributed by atoms with E-state index in [1.165, 1.54) is 24.3 Å². The van der Waals surface area contributed by atoms with Gasteiger partial charge in [0, 0.05) is 17.4 Å². The van der Waals surface area contributed by atoms with Crippen molar-refractivity contribution in [1.82, 2.24) is 0 Å². The predicted molar refractivity (Wildman–Crippen MR) is 79.0 cm³/mol. The summed E-state index contributed by atoms with van der Waals surface area (Å²) in [6, 6.07) is 12.4. The fraction of sp³-hybridized carbons (Fsp3) is 0.0667. The molecule has 2 aromatic carbocycles. The van der Waals surface area contributed by atoms with E-state index in [9.17, 15) is 9.59 Å². The van der Waals surface area contributed by atoms with Gasteiger partial charge in [0.2, 0.25) is 0 Å². The van der Waals surface area contributed by atoms with Crippen LogP contribution < -0.4 is 15.4 Å². The van der Waals surface area contributed by atoms with Crippen molar-refractivity contribution in [2.45, 2.75) is 0 Å². The molecule has 3 N–H and O–H groups in total. The summed E-state index contributed by atoms with van der Waals surface area (Å²) in [7, 11) is 1.54. The Morgan fingerprint density at radius 1 is 1.00 bits per heavy atom. The number of hydrogen-bond donors (Lipinski definition) is 3. The smallest absolute Gasteiger partial charge is 0.335 e. The van der Waals surface area contributed by atoms with Gasteiger partial charge in [-0.25, -0.2) is 9.59 Å². The Bertz CT molecular complexity index is 653. The van der Waals surface area contributed by atoms with E-state index in [2.05, 4.69) is 10.6 Å². The lowest BCUT2D eigenvalue weighted by molar-refractivity contribution is 0.0697. The van der Waals surface area contributed by atoms with Crippen LogP contribution in [0.2, 0.25) is 0 Å². The number of carbonyl (C=O) groups excluding carboxylic acids is 1. The average Bonchev–Trinajstić information content (AvgIpc) is 2.47. The first kappa shape index (κ1) is 14.4. The van der Waals surface area contributed by atoms with Gasteiger partial charge in [-0.2, -0.15) is 0 Å². The molecule has 0 bridgehead atoms. The van der Waals surface area contributed by atoms with E-state index in [0.717, 1.165) is 0 Å². The lowest BCUT2D eigenvalue weighted by Crippen LogP contribution is -2.19. The van der Waals surface area contributed by atoms with E-state index in [0.29, 0.717) is 17.1 Å². The van der Waals surface area contributed by atoms with Crippen molar-refractivity contribution in [1.29, 1.82) is 0 Å². The second kappa shape index (κ2) is 6.42. The zero-order valence-electron chi connectivity index (χ0n) is 11.3. The van der Waals surface area contributed by atoms with Gasteiger partial charge < -0.3 is 20.5 Å². The number of rotatable bonds is 4. The Kier molecular flexibility index (Phi) is 4.40. The molecule has 0 spiro atoms. The summed E-state index contributed by atoms with van der Waals surface area (Å²) in [6.07, 6.45) is 0. The Labute approximate surface area is 121 Å². The number of carbonyl (C=O) groups is 2. The van der Waals surface area contributed by atoms with Gasteiger partial charge in [0.1, 0.15) is 5.75 Å². The summed E-state index contributed by atoms with van der Waals surface area (Å²) in [6.45, 7) is 0. The van der Waals surface area contributed by atoms with E-state index < -0.39 is 12.0 Å². The van der Waals surface area contributed by atoms with Crippen LogP contribution in [0.4, 0.5) is 16.2 Å². The SMILES string of the molecule is COc1cccc(NC(=O)Nc2ccc(C(=O)O)cc2)c1. The highest BCUT2D eigenvalue weighted by Crippen LogP contribution is 2.17. The Morgan fingerprint density at radius 3 is 2.29 bits per heavy atom. The summed E-state index contributed by atoms with van der Waals surface area (Å²) >= 11 is 0. The maximum atomic E-state index is 11.8. The van der Waals surface area contributed by atoms with Crippen molar-refractivity contribution < 1.29 is 19.4 Å². The molecule has 0 unspecified atom stereocenters. The fourth-order valence-electron chi connectivity index (χ4n) is 1.69. The number of nitrogens with one attached hydrogen (secondary N) is 2. The molecule has 0 saturated carbocycles. The fourth-order valence-corrected chi connectivity index (χ4v) is 1.69. The number of benzene rings is 2. The third-order valence-corrected chi connectivity index (χ3v) is 2.72. The highest BCUT2D eigenvalue weighted by Gasteiger charge is 2.05. The standard InChI is InChI=1S/C15H14N2O4/c1-21-13-4-2-3-12(9-13)17-15(20)16-11-7-5-10(6-8-11)14(18)19/h2-9H,1H3,(H,18,19)(H2,16,17,20). The van der Waals surface area contributed by atoms with Gasteiger partial charge in [0.05, 0.1) is 12.7 Å². The molecule has 0 aliphatic heterocycles. The van der Waals surface area contributed by atoms with Gasteiger partial charge >= 0.3 is 12.0 Å². The first-order valence-electron chi connectivity index (χ1n) is 6.14. The zero-order valence-corrected chi connectivity index (χ0v) is 11.3. The number of aromatic carboxylic acids is 1. The Hall–Kier alpha value is -3.02. The Balaban J connectivity index is 1.99. The van der Waals surface area contributed by atoms with E-state index in [4.69, 9.17) is 9.84 Å². The van der Waals surface area contributed by atoms with Gasteiger partial charge in [-0.3, -0.25) is 0 Å². The molecule has 0 aliphatic rings. The lowest BCUT2D eigenvalue weighted by atomic mass is 10.2. The number of amides is 2. The average molecular weight is 286 g/mol. The zero-order chi connectivity index (χ0) is 15.2. The van der Waals surface area contributed by atoms with Crippen molar-refractivity contribution in [2.24, 2.45) is 0 Å². The molecular weight excluding hydrogens is 272 g/mol. The van der Waals surface area contributed by atoms with Gasteiger partial charge in [0.15, 0.2) is 0 Å². The molecule has 0 saturated heterocycles. The summed E-state index contributed by atoms with van der Waals surface area (Å²) in [4.78, 5) is 22.5. The highest BCUT2D eigenvalue weighted by atomic mass is 16.5. The van der Waals surface area contributed by atoms with Crippen LogP contribution >= 0.6 is 0 Å². The quantitative estimate of drug-likeness (QED) is 0.806. The maximum absolute atomic E-state index is 11.8. The molecule has 0 atom stereocenters. The van der Waals surface area contributed by atoms with Gasteiger partial charge in [-0.05, 0) is 36.4 Å². The summed E-state index contributed by atoms with van der Waals surface area (Å²) in [5.74, 6) is -0.374. The molecule has 0 heterocycles. The first-order chi connectivity index (χ1) is 10.1. The van der Waals surface area contributed by atoms with Crippen molar-refractivity contribution >= 4 is 23.4 Å². The minimum atomic E-state index is -1.01. The number of ether oxygens (including phenoxy) is 1. The molecule has 0 radical (unpaired) electrons. The van der Waals surface area contributed by atoms with Crippen LogP contribution in [0.25, 0.3) is 0 Å². The van der Waals surface area contributed by atoms with E-state index in [1.807, 2.05) is 0 Å². The highest BCUT2D eigenvalue weighted by molar-refractivity contribution is 6.00. The number of carboxylic acid groups (broad SMARTS) is 1. The molecule has 6 nitrogen and oxygen atoms in total. The summed E-state index contributed by atoms with van der Waals surface area (Å²) in [5.41, 5.74) is 1.25. The number of hydrogen-bond acceptors (Lipinski definition) is 3. The van der Waals surface area contributed by atoms with E-state index >= 15 is 0 Å². The molecular formula is C15H14N2O4. The molecule has 21 heavy (non-hydrogen) atoms. The van der Waals surface area contributed by atoms with Crippen LogP contribution in [0.5, 0.6) is 5.75 Å². The van der Waals surface area contributed by atoms with Crippen molar-refractivity contribution in [3.63, 3.8) is 0 Å². The van der Waals surface area contributed by atoms with Crippen LogP contribution in [-0.2, 0) is 0 Å². The third kappa shape index (κ3) is 3.97. The van der Waals surface area contributed by atoms with Crippen molar-refractivity contribution in [3.8, 4) is 5.75 Å². The molecule has 2 amide bonds. The molecule has 108 valence electrons. The molecule has 0 aromatic heterocycles. The number of urea groups is 1. The van der Waals surface area contributed by atoms with E-state index in [-0.39, 0.29) is 5.56 Å². The lowest BCUT2D eigenvalue weighted by Gasteiger charge is -2.09. The maximum Gasteiger partial charge on any atom is 0.335 e. The number of methoxy groups -OCH3 is 1. The minimum Gasteiger partial charge on any atom is -0.497 e. The van der Waals surface area contributed by atoms with Gasteiger partial charge in [0.25, 0.3) is 0 Å². The summed E-state index contributed by atoms with van der Waals surface area (Å²) in [5, 5.41) is 14.1. The van der Waals surface area contributed by atoms with Crippen LogP contribution in [0.3, 0.4) is 0 Å². The normalized spacial score (nSPS) is 9.76. The molecule has 0 aliphatic carbocycles. The summed E-state index contributed by atoms with van der Waals surface area (Å²) < 4.78 is 5.06. The van der Waals surface area contributed by atoms with Gasteiger partial charge in [-0.15, -0.1) is 0 Å². The molecule has 2 rings (SSSR count). The van der Waals surface area contributed by atoms with Crippen LogP contribution in [0, 0.1) is 0 Å². The first-order valence-corrected chi connectivity index (χ1v) is 6.14. The predicted octanol–water partition coefficient (Wildman–Crippen LogP) is 3.04. The number of carboxylic acids is 1. The molecule has 2 aromatic rings. The largest absolute Gasteiger partial charge is 0.497 e. The van der Waals surface area contributed by atoms with Crippen molar-refractivity contribution in [3.05, 3.63) is 54.1 Å². The third-order valence-electron chi connectivity index (χ3n) is 2.72. The minimum absolute atomic E-state index is 0.161. The monoisotopic (exact) mass is 286 g/mol. The van der Waals surface area contributed by atoms with Crippen molar-refractivity contribution in [2.75, 3.05) is 17.7 Å². The van der Waals surface area contributed by atoms with E-state index in [1.54, 1.807) is 31.4 Å². The topological polar surface area (TPSA) is 87.7 Å². The van der Waals surface area contributed by atoms with Crippen LogP contribution in [0.15, 0.2) is 48.5 Å². The van der Waals surface area contributed by atoms with Crippen LogP contribution in [-0.4, -0.2) is 24.2 Å². The molecule has 0 fully saturated rings. The van der Waals surface area contributed by atoms with Crippen LogP contribution in [0.1, 0.15) is 10.4 Å². The second-order valence-corrected chi connectivity index (χ2v) is 4.19. The number of anilines is 2. The molecule has 6 heteroatoms. The Morgan fingerprint density at radius 2 is 1.67 bits per heavy atom. The van der Waals surface area contributed by atoms with Gasteiger partial charge in [-0.1, -0.05) is 6.07 Å². The second-order valence-electron chi connectivity index (χ2n) is 4.19.